The highest BCUT2D eigenvalue weighted by atomic mass is 16.2. The Morgan fingerprint density at radius 1 is 1.33 bits per heavy atom. The molecule has 0 unspecified atom stereocenters. The molecule has 1 atom stereocenters. The van der Waals surface area contributed by atoms with Gasteiger partial charge in [0.05, 0.1) is 0 Å². The Balaban J connectivity index is 2.55. The van der Waals surface area contributed by atoms with E-state index in [0.717, 1.165) is 17.8 Å². The van der Waals surface area contributed by atoms with E-state index in [1.54, 1.807) is 0 Å². The first kappa shape index (κ1) is 14.8. The van der Waals surface area contributed by atoms with E-state index in [0.29, 0.717) is 18.9 Å². The van der Waals surface area contributed by atoms with Crippen LogP contribution in [0.3, 0.4) is 0 Å². The molecule has 0 saturated heterocycles. The van der Waals surface area contributed by atoms with Crippen molar-refractivity contribution in [3.05, 3.63) is 23.5 Å². The normalized spacial score (nSPS) is 12.8. The van der Waals surface area contributed by atoms with E-state index in [1.807, 2.05) is 30.7 Å². The van der Waals surface area contributed by atoms with Crippen molar-refractivity contribution in [3.63, 3.8) is 0 Å². The monoisotopic (exact) mass is 251 g/mol. The number of amides is 1. The second-order valence-corrected chi connectivity index (χ2v) is 5.42. The number of nitrogens with one attached hydrogen (secondary N) is 1. The summed E-state index contributed by atoms with van der Waals surface area (Å²) in [6.07, 6.45) is 1.49. The summed E-state index contributed by atoms with van der Waals surface area (Å²) in [6, 6.07) is 3.98. The summed E-state index contributed by atoms with van der Waals surface area (Å²) in [5.74, 6) is 0.871. The smallest absolute Gasteiger partial charge is 0.239 e. The standard InChI is InChI=1S/C14H25N3O/c1-10(2)7-13(9-15)8-14(18)16-17-11(3)5-6-12(17)4/h5-6,10,13H,7-9,15H2,1-4H3,(H,16,18)/t13-/m0/s1. The number of nitrogens with two attached hydrogens (primary N) is 1. The van der Waals surface area contributed by atoms with Gasteiger partial charge in [-0.2, -0.15) is 0 Å². The topological polar surface area (TPSA) is 60.0 Å². The van der Waals surface area contributed by atoms with E-state index in [1.165, 1.54) is 0 Å². The van der Waals surface area contributed by atoms with Crippen molar-refractivity contribution in [3.8, 4) is 0 Å². The molecule has 1 rings (SSSR count). The molecule has 102 valence electrons. The molecule has 1 heterocycles. The molecule has 1 amide bonds. The predicted molar refractivity (Wildman–Crippen MR) is 74.9 cm³/mol. The minimum Gasteiger partial charge on any atom is -0.330 e. The molecule has 0 aliphatic carbocycles. The Morgan fingerprint density at radius 2 is 1.89 bits per heavy atom. The van der Waals surface area contributed by atoms with E-state index >= 15 is 0 Å². The first-order valence-electron chi connectivity index (χ1n) is 6.59. The zero-order chi connectivity index (χ0) is 13.7. The molecule has 3 N–H and O–H groups in total. The van der Waals surface area contributed by atoms with Crippen LogP contribution in [0.2, 0.25) is 0 Å². The second-order valence-electron chi connectivity index (χ2n) is 5.42. The summed E-state index contributed by atoms with van der Waals surface area (Å²) in [5.41, 5.74) is 10.7. The highest BCUT2D eigenvalue weighted by molar-refractivity contribution is 5.84. The molecule has 0 aliphatic rings. The number of carbonyl (C=O) groups is 1. The van der Waals surface area contributed by atoms with Crippen molar-refractivity contribution in [1.29, 1.82) is 0 Å². The maximum absolute atomic E-state index is 12.0. The lowest BCUT2D eigenvalue weighted by molar-refractivity contribution is -0.118. The molecule has 1 aromatic heterocycles. The number of nitrogens with zero attached hydrogens (tertiary/aromatic N) is 1. The van der Waals surface area contributed by atoms with E-state index < -0.39 is 0 Å². The lowest BCUT2D eigenvalue weighted by Crippen LogP contribution is -2.29. The molecule has 0 spiro atoms. The highest BCUT2D eigenvalue weighted by Crippen LogP contribution is 2.14. The van der Waals surface area contributed by atoms with Crippen molar-refractivity contribution >= 4 is 5.91 Å². The zero-order valence-corrected chi connectivity index (χ0v) is 11.9. The van der Waals surface area contributed by atoms with Gasteiger partial charge in [-0.05, 0) is 50.8 Å². The molecule has 4 heteroatoms. The molecule has 0 fully saturated rings. The lowest BCUT2D eigenvalue weighted by Gasteiger charge is -2.18. The Kier molecular flexibility index (Phi) is 5.41. The average Bonchev–Trinajstić information content (AvgIpc) is 2.59. The third-order valence-corrected chi connectivity index (χ3v) is 3.12. The summed E-state index contributed by atoms with van der Waals surface area (Å²) in [4.78, 5) is 12.0. The number of carbonyl (C=O) groups excluding carboxylic acids is 1. The third kappa shape index (κ3) is 4.18. The Hall–Kier alpha value is -1.29. The molecule has 0 aliphatic heterocycles. The van der Waals surface area contributed by atoms with Gasteiger partial charge in [-0.1, -0.05) is 13.8 Å². The largest absolute Gasteiger partial charge is 0.330 e. The highest BCUT2D eigenvalue weighted by Gasteiger charge is 2.15. The molecule has 0 radical (unpaired) electrons. The maximum atomic E-state index is 12.0. The van der Waals surface area contributed by atoms with Crippen molar-refractivity contribution in [1.82, 2.24) is 4.68 Å². The molecule has 0 bridgehead atoms. The van der Waals surface area contributed by atoms with Gasteiger partial charge in [-0.25, -0.2) is 0 Å². The van der Waals surface area contributed by atoms with Crippen LogP contribution in [0.1, 0.15) is 38.1 Å². The first-order chi connectivity index (χ1) is 8.43. The van der Waals surface area contributed by atoms with Gasteiger partial charge in [0.25, 0.3) is 0 Å². The predicted octanol–water partition coefficient (Wildman–Crippen LogP) is 2.19. The SMILES string of the molecule is Cc1ccc(C)n1NC(=O)C[C@@H](CN)CC(C)C. The van der Waals surface area contributed by atoms with Crippen LogP contribution in [-0.2, 0) is 4.79 Å². The second kappa shape index (κ2) is 6.59. The van der Waals surface area contributed by atoms with Gasteiger partial charge in [-0.3, -0.25) is 14.9 Å². The molecule has 0 saturated carbocycles. The minimum absolute atomic E-state index is 0.0356. The average molecular weight is 251 g/mol. The van der Waals surface area contributed by atoms with Crippen LogP contribution in [0.5, 0.6) is 0 Å². The molecule has 18 heavy (non-hydrogen) atoms. The molecule has 1 aromatic rings. The van der Waals surface area contributed by atoms with Gasteiger partial charge >= 0.3 is 0 Å². The van der Waals surface area contributed by atoms with Gasteiger partial charge in [0.2, 0.25) is 5.91 Å². The van der Waals surface area contributed by atoms with Crippen LogP contribution in [0.15, 0.2) is 12.1 Å². The van der Waals surface area contributed by atoms with E-state index in [-0.39, 0.29) is 11.8 Å². The third-order valence-electron chi connectivity index (χ3n) is 3.12. The fourth-order valence-corrected chi connectivity index (χ4v) is 2.21. The van der Waals surface area contributed by atoms with Gasteiger partial charge in [0, 0.05) is 17.8 Å². The van der Waals surface area contributed by atoms with Crippen LogP contribution in [0.4, 0.5) is 0 Å². The van der Waals surface area contributed by atoms with Gasteiger partial charge in [0.1, 0.15) is 0 Å². The number of aromatic nitrogens is 1. The van der Waals surface area contributed by atoms with Crippen LogP contribution < -0.4 is 11.2 Å². The molecule has 4 nitrogen and oxygen atoms in total. The quantitative estimate of drug-likeness (QED) is 0.814. The summed E-state index contributed by atoms with van der Waals surface area (Å²) in [6.45, 7) is 8.82. The Labute approximate surface area is 110 Å². The maximum Gasteiger partial charge on any atom is 0.239 e. The van der Waals surface area contributed by atoms with Gasteiger partial charge in [-0.15, -0.1) is 0 Å². The van der Waals surface area contributed by atoms with Crippen LogP contribution >= 0.6 is 0 Å². The number of aryl methyl sites for hydroxylation is 2. The van der Waals surface area contributed by atoms with Crippen molar-refractivity contribution in [2.75, 3.05) is 12.0 Å². The molecular formula is C14H25N3O. The van der Waals surface area contributed by atoms with Crippen LogP contribution in [0.25, 0.3) is 0 Å². The Morgan fingerprint density at radius 3 is 2.33 bits per heavy atom. The van der Waals surface area contributed by atoms with Crippen LogP contribution in [-0.4, -0.2) is 17.1 Å². The van der Waals surface area contributed by atoms with Crippen molar-refractivity contribution in [2.24, 2.45) is 17.6 Å². The number of hydrogen-bond donors (Lipinski definition) is 2. The summed E-state index contributed by atoms with van der Waals surface area (Å²) >= 11 is 0. The van der Waals surface area contributed by atoms with Crippen LogP contribution in [0, 0.1) is 25.7 Å². The lowest BCUT2D eigenvalue weighted by atomic mass is 9.94. The molecular weight excluding hydrogens is 226 g/mol. The summed E-state index contributed by atoms with van der Waals surface area (Å²) in [5, 5.41) is 0. The number of rotatable bonds is 6. The minimum atomic E-state index is 0.0356. The van der Waals surface area contributed by atoms with E-state index in [4.69, 9.17) is 5.73 Å². The fourth-order valence-electron chi connectivity index (χ4n) is 2.21. The van der Waals surface area contributed by atoms with Crippen molar-refractivity contribution < 1.29 is 4.79 Å². The van der Waals surface area contributed by atoms with E-state index in [9.17, 15) is 4.79 Å². The summed E-state index contributed by atoms with van der Waals surface area (Å²) < 4.78 is 1.82. The molecule has 0 aromatic carbocycles. The van der Waals surface area contributed by atoms with Gasteiger partial charge in [0.15, 0.2) is 0 Å². The first-order valence-corrected chi connectivity index (χ1v) is 6.59. The number of hydrogen-bond acceptors (Lipinski definition) is 2. The zero-order valence-electron chi connectivity index (χ0n) is 11.9. The van der Waals surface area contributed by atoms with Gasteiger partial charge < -0.3 is 5.73 Å². The fraction of sp³-hybridized carbons (Fsp3) is 0.643. The van der Waals surface area contributed by atoms with E-state index in [2.05, 4.69) is 19.3 Å². The van der Waals surface area contributed by atoms with Crippen molar-refractivity contribution in [2.45, 2.75) is 40.5 Å². The summed E-state index contributed by atoms with van der Waals surface area (Å²) in [7, 11) is 0. The Bertz CT molecular complexity index is 376.